The normalized spacial score (nSPS) is 10.9. The molecule has 0 bridgehead atoms. The molecule has 0 saturated carbocycles. The first-order valence-electron chi connectivity index (χ1n) is 7.93. The quantitative estimate of drug-likeness (QED) is 0.367. The summed E-state index contributed by atoms with van der Waals surface area (Å²) >= 11 is 1.56. The van der Waals surface area contributed by atoms with Gasteiger partial charge in [-0.1, -0.05) is 48.2 Å². The van der Waals surface area contributed by atoms with Crippen molar-refractivity contribution in [3.05, 3.63) is 73.1 Å². The Morgan fingerprint density at radius 3 is 1.64 bits per heavy atom. The van der Waals surface area contributed by atoms with E-state index in [0.29, 0.717) is 11.9 Å². The van der Waals surface area contributed by atoms with Crippen LogP contribution in [0.15, 0.2) is 73.1 Å². The molecule has 0 atom stereocenters. The van der Waals surface area contributed by atoms with E-state index in [1.165, 1.54) is 0 Å². The van der Waals surface area contributed by atoms with Gasteiger partial charge in [0, 0.05) is 23.2 Å². The van der Waals surface area contributed by atoms with Crippen LogP contribution in [0.25, 0.3) is 21.8 Å². The van der Waals surface area contributed by atoms with Crippen molar-refractivity contribution < 1.29 is 9.47 Å². The van der Waals surface area contributed by atoms with E-state index in [9.17, 15) is 0 Å². The van der Waals surface area contributed by atoms with E-state index in [0.717, 1.165) is 33.3 Å². The third kappa shape index (κ3) is 3.51. The highest BCUT2D eigenvalue weighted by Gasteiger charge is 2.04. The Kier molecular flexibility index (Phi) is 4.65. The van der Waals surface area contributed by atoms with E-state index in [1.807, 2.05) is 60.7 Å². The third-order valence-corrected chi connectivity index (χ3v) is 4.36. The zero-order valence-electron chi connectivity index (χ0n) is 13.5. The fourth-order valence-corrected chi connectivity index (χ4v) is 3.12. The average molecular weight is 348 g/mol. The van der Waals surface area contributed by atoms with Crippen molar-refractivity contribution in [2.75, 3.05) is 11.9 Å². The summed E-state index contributed by atoms with van der Waals surface area (Å²) in [6, 6.07) is 19.8. The molecule has 0 radical (unpaired) electrons. The Bertz CT molecular complexity index is 915. The molecule has 4 rings (SSSR count). The van der Waals surface area contributed by atoms with Gasteiger partial charge in [0.15, 0.2) is 0 Å². The summed E-state index contributed by atoms with van der Waals surface area (Å²) in [5, 5.41) is 2.14. The number of nitrogens with zero attached hydrogens (tertiary/aromatic N) is 2. The topological polar surface area (TPSA) is 44.2 Å². The smallest absolute Gasteiger partial charge is 0.146 e. The molecule has 0 fully saturated rings. The number of fused-ring (bicyclic) bond motifs is 2. The van der Waals surface area contributed by atoms with Crippen LogP contribution in [-0.2, 0) is 0 Å². The van der Waals surface area contributed by atoms with E-state index in [2.05, 4.69) is 9.97 Å². The summed E-state index contributed by atoms with van der Waals surface area (Å²) in [6.07, 6.45) is 3.55. The summed E-state index contributed by atoms with van der Waals surface area (Å²) in [7, 11) is 0. The average Bonchev–Trinajstić information content (AvgIpc) is 2.68. The molecule has 0 aliphatic carbocycles. The number of hydrogen-bond acceptors (Lipinski definition) is 5. The van der Waals surface area contributed by atoms with Crippen molar-refractivity contribution in [1.29, 1.82) is 0 Å². The van der Waals surface area contributed by atoms with Gasteiger partial charge < -0.3 is 9.47 Å². The minimum Gasteiger partial charge on any atom is -0.481 e. The van der Waals surface area contributed by atoms with Crippen molar-refractivity contribution in [2.24, 2.45) is 0 Å². The van der Waals surface area contributed by atoms with Crippen molar-refractivity contribution in [3.63, 3.8) is 0 Å². The molecule has 124 valence electrons. The van der Waals surface area contributed by atoms with Crippen molar-refractivity contribution in [1.82, 2.24) is 9.97 Å². The van der Waals surface area contributed by atoms with Crippen LogP contribution >= 0.6 is 11.8 Å². The fraction of sp³-hybridized carbons (Fsp3) is 0.100. The SMILES string of the molecule is c1cnc2c(OCSCOc3cccc4cccnc34)cccc2c1. The predicted octanol–water partition coefficient (Wildman–Crippen LogP) is 4.89. The summed E-state index contributed by atoms with van der Waals surface area (Å²) in [6.45, 7) is 0. The van der Waals surface area contributed by atoms with Crippen LogP contribution in [0.3, 0.4) is 0 Å². The highest BCUT2D eigenvalue weighted by molar-refractivity contribution is 7.99. The van der Waals surface area contributed by atoms with Crippen LogP contribution in [0.4, 0.5) is 0 Å². The zero-order chi connectivity index (χ0) is 16.9. The third-order valence-electron chi connectivity index (χ3n) is 3.79. The lowest BCUT2D eigenvalue weighted by Gasteiger charge is -2.10. The second-order valence-corrected chi connectivity index (χ2v) is 6.27. The second-order valence-electron chi connectivity index (χ2n) is 5.39. The van der Waals surface area contributed by atoms with Crippen molar-refractivity contribution >= 4 is 33.6 Å². The number of ether oxygens (including phenoxy) is 2. The maximum absolute atomic E-state index is 5.85. The van der Waals surface area contributed by atoms with Gasteiger partial charge in [-0.25, -0.2) is 0 Å². The lowest BCUT2D eigenvalue weighted by Crippen LogP contribution is -2.00. The van der Waals surface area contributed by atoms with Crippen molar-refractivity contribution in [3.8, 4) is 11.5 Å². The molecule has 0 spiro atoms. The Hall–Kier alpha value is -2.79. The minimum atomic E-state index is 0.494. The molecule has 0 aliphatic heterocycles. The van der Waals surface area contributed by atoms with Gasteiger partial charge in [0.25, 0.3) is 0 Å². The number of para-hydroxylation sites is 2. The van der Waals surface area contributed by atoms with Gasteiger partial charge in [0.05, 0.1) is 0 Å². The van der Waals surface area contributed by atoms with Gasteiger partial charge in [-0.05, 0) is 24.3 Å². The van der Waals surface area contributed by atoms with Gasteiger partial charge in [-0.15, -0.1) is 0 Å². The highest BCUT2D eigenvalue weighted by atomic mass is 32.2. The Morgan fingerprint density at radius 1 is 0.640 bits per heavy atom. The number of benzene rings is 2. The molecular formula is C20H16N2O2S. The predicted molar refractivity (Wildman–Crippen MR) is 102 cm³/mol. The molecule has 2 aromatic heterocycles. The molecule has 4 aromatic rings. The minimum absolute atomic E-state index is 0.494. The fourth-order valence-electron chi connectivity index (χ4n) is 2.63. The van der Waals surface area contributed by atoms with Gasteiger partial charge >= 0.3 is 0 Å². The standard InChI is InChI=1S/C20H16N2O2S/c1-5-15-7-3-11-21-19(15)17(9-1)23-13-25-14-24-18-10-2-6-16-8-4-12-22-20(16)18/h1-12H,13-14H2. The van der Waals surface area contributed by atoms with Crippen LogP contribution < -0.4 is 9.47 Å². The molecule has 2 heterocycles. The van der Waals surface area contributed by atoms with Crippen LogP contribution in [0.1, 0.15) is 0 Å². The number of aromatic nitrogens is 2. The van der Waals surface area contributed by atoms with E-state index in [1.54, 1.807) is 24.2 Å². The second kappa shape index (κ2) is 7.40. The van der Waals surface area contributed by atoms with Crippen LogP contribution in [0.5, 0.6) is 11.5 Å². The van der Waals surface area contributed by atoms with E-state index in [-0.39, 0.29) is 0 Å². The summed E-state index contributed by atoms with van der Waals surface area (Å²) in [4.78, 5) is 8.78. The molecular weight excluding hydrogens is 332 g/mol. The first-order valence-corrected chi connectivity index (χ1v) is 9.08. The number of hydrogen-bond donors (Lipinski definition) is 0. The Balaban J connectivity index is 1.35. The van der Waals surface area contributed by atoms with E-state index < -0.39 is 0 Å². The first-order chi connectivity index (χ1) is 12.4. The lowest BCUT2D eigenvalue weighted by atomic mass is 10.2. The Morgan fingerprint density at radius 2 is 1.12 bits per heavy atom. The van der Waals surface area contributed by atoms with Gasteiger partial charge in [0.2, 0.25) is 0 Å². The number of thioether (sulfide) groups is 1. The largest absolute Gasteiger partial charge is 0.481 e. The highest BCUT2D eigenvalue weighted by Crippen LogP contribution is 2.25. The maximum Gasteiger partial charge on any atom is 0.146 e. The van der Waals surface area contributed by atoms with Gasteiger partial charge in [-0.3, -0.25) is 9.97 Å². The summed E-state index contributed by atoms with van der Waals surface area (Å²) in [5.74, 6) is 2.57. The molecule has 0 N–H and O–H groups in total. The number of pyridine rings is 2. The molecule has 5 heteroatoms. The first kappa shape index (κ1) is 15.7. The lowest BCUT2D eigenvalue weighted by molar-refractivity contribution is 0.377. The summed E-state index contributed by atoms with van der Waals surface area (Å²) in [5.41, 5.74) is 1.76. The van der Waals surface area contributed by atoms with Crippen LogP contribution in [-0.4, -0.2) is 21.8 Å². The number of rotatable bonds is 6. The molecule has 25 heavy (non-hydrogen) atoms. The molecule has 2 aromatic carbocycles. The van der Waals surface area contributed by atoms with Gasteiger partial charge in [0.1, 0.15) is 34.4 Å². The van der Waals surface area contributed by atoms with Gasteiger partial charge in [-0.2, -0.15) is 0 Å². The van der Waals surface area contributed by atoms with Crippen molar-refractivity contribution in [2.45, 2.75) is 0 Å². The van der Waals surface area contributed by atoms with Crippen LogP contribution in [0, 0.1) is 0 Å². The molecule has 0 aliphatic rings. The van der Waals surface area contributed by atoms with E-state index >= 15 is 0 Å². The maximum atomic E-state index is 5.85. The zero-order valence-corrected chi connectivity index (χ0v) is 14.3. The molecule has 0 saturated heterocycles. The monoisotopic (exact) mass is 348 g/mol. The molecule has 0 amide bonds. The molecule has 0 unspecified atom stereocenters. The van der Waals surface area contributed by atoms with Crippen LogP contribution in [0.2, 0.25) is 0 Å². The van der Waals surface area contributed by atoms with E-state index in [4.69, 9.17) is 9.47 Å². The molecule has 4 nitrogen and oxygen atoms in total. The Labute approximate surface area is 149 Å². The summed E-state index contributed by atoms with van der Waals surface area (Å²) < 4.78 is 11.7.